The van der Waals surface area contributed by atoms with Crippen molar-refractivity contribution in [2.24, 2.45) is 0 Å². The molecule has 5 heteroatoms. The Balaban J connectivity index is 1.73. The summed E-state index contributed by atoms with van der Waals surface area (Å²) in [6.07, 6.45) is 2.18. The van der Waals surface area contributed by atoms with E-state index in [2.05, 4.69) is 10.3 Å². The zero-order chi connectivity index (χ0) is 16.2. The van der Waals surface area contributed by atoms with E-state index >= 15 is 0 Å². The number of fused-ring (bicyclic) bond motifs is 1. The molecule has 0 saturated carbocycles. The van der Waals surface area contributed by atoms with Crippen LogP contribution in [-0.2, 0) is 11.2 Å². The number of aromatic nitrogens is 1. The molecule has 2 N–H and O–H groups in total. The van der Waals surface area contributed by atoms with Crippen molar-refractivity contribution in [2.45, 2.75) is 6.42 Å². The van der Waals surface area contributed by atoms with Crippen LogP contribution in [0.4, 0.5) is 5.69 Å². The first kappa shape index (κ1) is 15.0. The fourth-order valence-corrected chi connectivity index (χ4v) is 2.49. The van der Waals surface area contributed by atoms with Gasteiger partial charge in [-0.05, 0) is 35.2 Å². The van der Waals surface area contributed by atoms with Gasteiger partial charge in [-0.3, -0.25) is 4.79 Å². The lowest BCUT2D eigenvalue weighted by molar-refractivity contribution is -0.115. The van der Waals surface area contributed by atoms with Crippen LogP contribution in [0.2, 0.25) is 0 Å². The summed E-state index contributed by atoms with van der Waals surface area (Å²) < 4.78 is 10.4. The molecule has 1 heterocycles. The maximum atomic E-state index is 12.3. The molecular formula is C18H18N2O3. The number of hydrogen-bond donors (Lipinski definition) is 2. The largest absolute Gasteiger partial charge is 0.497 e. The van der Waals surface area contributed by atoms with Gasteiger partial charge in [0.1, 0.15) is 11.5 Å². The van der Waals surface area contributed by atoms with Gasteiger partial charge in [0.2, 0.25) is 5.91 Å². The Hall–Kier alpha value is -2.95. The first-order chi connectivity index (χ1) is 11.2. The molecule has 0 saturated heterocycles. The second-order valence-corrected chi connectivity index (χ2v) is 5.19. The Kier molecular flexibility index (Phi) is 4.19. The predicted octanol–water partition coefficient (Wildman–Crippen LogP) is 3.37. The van der Waals surface area contributed by atoms with Crippen LogP contribution in [0.1, 0.15) is 5.56 Å². The Morgan fingerprint density at radius 3 is 2.74 bits per heavy atom. The Bertz CT molecular complexity index is 839. The molecule has 0 fully saturated rings. The summed E-state index contributed by atoms with van der Waals surface area (Å²) >= 11 is 0. The average molecular weight is 310 g/mol. The van der Waals surface area contributed by atoms with Crippen molar-refractivity contribution in [3.8, 4) is 11.5 Å². The highest BCUT2D eigenvalue weighted by atomic mass is 16.5. The van der Waals surface area contributed by atoms with Gasteiger partial charge in [-0.2, -0.15) is 0 Å². The van der Waals surface area contributed by atoms with E-state index in [9.17, 15) is 4.79 Å². The van der Waals surface area contributed by atoms with Crippen LogP contribution < -0.4 is 14.8 Å². The van der Waals surface area contributed by atoms with Crippen molar-refractivity contribution < 1.29 is 14.3 Å². The van der Waals surface area contributed by atoms with E-state index in [1.54, 1.807) is 32.4 Å². The minimum absolute atomic E-state index is 0.0978. The van der Waals surface area contributed by atoms with Gasteiger partial charge >= 0.3 is 0 Å². The van der Waals surface area contributed by atoms with Gasteiger partial charge in [-0.25, -0.2) is 0 Å². The van der Waals surface area contributed by atoms with Gasteiger partial charge in [-0.15, -0.1) is 0 Å². The third kappa shape index (κ3) is 3.29. The van der Waals surface area contributed by atoms with Crippen molar-refractivity contribution >= 4 is 22.5 Å². The number of carbonyl (C=O) groups is 1. The number of rotatable bonds is 5. The molecule has 1 aromatic heterocycles. The fourth-order valence-electron chi connectivity index (χ4n) is 2.49. The molecule has 3 rings (SSSR count). The van der Waals surface area contributed by atoms with Crippen LogP contribution in [0.25, 0.3) is 10.9 Å². The van der Waals surface area contributed by atoms with Gasteiger partial charge in [0.25, 0.3) is 0 Å². The molecular weight excluding hydrogens is 292 g/mol. The summed E-state index contributed by atoms with van der Waals surface area (Å²) in [4.78, 5) is 15.4. The Labute approximate surface area is 134 Å². The first-order valence-electron chi connectivity index (χ1n) is 7.27. The van der Waals surface area contributed by atoms with Crippen molar-refractivity contribution in [1.29, 1.82) is 0 Å². The number of anilines is 1. The van der Waals surface area contributed by atoms with E-state index in [1.165, 1.54) is 0 Å². The van der Waals surface area contributed by atoms with Crippen LogP contribution in [-0.4, -0.2) is 25.1 Å². The zero-order valence-corrected chi connectivity index (χ0v) is 13.1. The normalized spacial score (nSPS) is 10.5. The van der Waals surface area contributed by atoms with E-state index in [4.69, 9.17) is 9.47 Å². The number of benzene rings is 2. The molecule has 0 aliphatic rings. The molecule has 1 amide bonds. The van der Waals surface area contributed by atoms with Crippen molar-refractivity contribution in [3.05, 3.63) is 54.2 Å². The van der Waals surface area contributed by atoms with E-state index in [-0.39, 0.29) is 5.91 Å². The summed E-state index contributed by atoms with van der Waals surface area (Å²) in [5.74, 6) is 1.15. The molecule has 5 nitrogen and oxygen atoms in total. The Morgan fingerprint density at radius 1 is 1.09 bits per heavy atom. The molecule has 0 aliphatic carbocycles. The van der Waals surface area contributed by atoms with Gasteiger partial charge in [0.15, 0.2) is 0 Å². The maximum Gasteiger partial charge on any atom is 0.228 e. The molecule has 0 spiro atoms. The smallest absolute Gasteiger partial charge is 0.228 e. The van der Waals surface area contributed by atoms with E-state index < -0.39 is 0 Å². The molecule has 2 aromatic carbocycles. The third-order valence-electron chi connectivity index (χ3n) is 3.67. The quantitative estimate of drug-likeness (QED) is 0.759. The van der Waals surface area contributed by atoms with E-state index in [0.717, 1.165) is 16.5 Å². The predicted molar refractivity (Wildman–Crippen MR) is 90.2 cm³/mol. The molecule has 3 aromatic rings. The molecule has 118 valence electrons. The lowest BCUT2D eigenvalue weighted by Crippen LogP contribution is -2.15. The zero-order valence-electron chi connectivity index (χ0n) is 13.1. The van der Waals surface area contributed by atoms with Crippen LogP contribution >= 0.6 is 0 Å². The standard InChI is InChI=1S/C18H18N2O3/c1-22-14-5-6-15(17(11-14)23-2)20-18(21)10-12-3-4-13-7-8-19-16(13)9-12/h3-9,11,19H,10H2,1-2H3,(H,20,21). The lowest BCUT2D eigenvalue weighted by atomic mass is 10.1. The highest BCUT2D eigenvalue weighted by Crippen LogP contribution is 2.29. The first-order valence-corrected chi connectivity index (χ1v) is 7.27. The number of nitrogens with one attached hydrogen (secondary N) is 2. The fraction of sp³-hybridized carbons (Fsp3) is 0.167. The van der Waals surface area contributed by atoms with E-state index in [0.29, 0.717) is 23.6 Å². The molecule has 0 radical (unpaired) electrons. The van der Waals surface area contributed by atoms with Gasteiger partial charge in [0, 0.05) is 17.8 Å². The maximum absolute atomic E-state index is 12.3. The number of methoxy groups -OCH3 is 2. The number of amides is 1. The average Bonchev–Trinajstić information content (AvgIpc) is 3.02. The highest BCUT2D eigenvalue weighted by Gasteiger charge is 2.10. The molecule has 23 heavy (non-hydrogen) atoms. The van der Waals surface area contributed by atoms with E-state index in [1.807, 2.05) is 30.5 Å². The van der Waals surface area contributed by atoms with Crippen LogP contribution in [0.3, 0.4) is 0 Å². The summed E-state index contributed by atoms with van der Waals surface area (Å²) in [5, 5.41) is 4.00. The molecule has 0 atom stereocenters. The number of ether oxygens (including phenoxy) is 2. The highest BCUT2D eigenvalue weighted by molar-refractivity contribution is 5.94. The SMILES string of the molecule is COc1ccc(NC(=O)Cc2ccc3cc[nH]c3c2)c(OC)c1. The van der Waals surface area contributed by atoms with Crippen LogP contribution in [0.15, 0.2) is 48.7 Å². The number of H-pyrrole nitrogens is 1. The molecule has 0 bridgehead atoms. The molecule has 0 aliphatic heterocycles. The number of carbonyl (C=O) groups excluding carboxylic acids is 1. The van der Waals surface area contributed by atoms with Crippen molar-refractivity contribution in [2.75, 3.05) is 19.5 Å². The van der Waals surface area contributed by atoms with Gasteiger partial charge in [-0.1, -0.05) is 12.1 Å². The van der Waals surface area contributed by atoms with Gasteiger partial charge < -0.3 is 19.8 Å². The summed E-state index contributed by atoms with van der Waals surface area (Å²) in [5.41, 5.74) is 2.60. The second kappa shape index (κ2) is 6.44. The molecule has 0 unspecified atom stereocenters. The Morgan fingerprint density at radius 2 is 1.96 bits per heavy atom. The topological polar surface area (TPSA) is 63.3 Å². The monoisotopic (exact) mass is 310 g/mol. The minimum Gasteiger partial charge on any atom is -0.497 e. The number of aromatic amines is 1. The third-order valence-corrected chi connectivity index (χ3v) is 3.67. The van der Waals surface area contributed by atoms with Crippen LogP contribution in [0, 0.1) is 0 Å². The second-order valence-electron chi connectivity index (χ2n) is 5.19. The summed E-state index contributed by atoms with van der Waals surface area (Å²) in [6, 6.07) is 13.2. The van der Waals surface area contributed by atoms with Gasteiger partial charge in [0.05, 0.1) is 26.3 Å². The van der Waals surface area contributed by atoms with Crippen molar-refractivity contribution in [3.63, 3.8) is 0 Å². The summed E-state index contributed by atoms with van der Waals surface area (Å²) in [6.45, 7) is 0. The number of hydrogen-bond acceptors (Lipinski definition) is 3. The summed E-state index contributed by atoms with van der Waals surface area (Å²) in [7, 11) is 3.15. The van der Waals surface area contributed by atoms with Crippen molar-refractivity contribution in [1.82, 2.24) is 4.98 Å². The minimum atomic E-state index is -0.0978. The van der Waals surface area contributed by atoms with Crippen LogP contribution in [0.5, 0.6) is 11.5 Å². The lowest BCUT2D eigenvalue weighted by Gasteiger charge is -2.11.